The van der Waals surface area contributed by atoms with E-state index in [0.717, 1.165) is 46.7 Å². The molecule has 0 saturated heterocycles. The van der Waals surface area contributed by atoms with E-state index >= 15 is 0 Å². The van der Waals surface area contributed by atoms with E-state index in [4.69, 9.17) is 4.74 Å². The van der Waals surface area contributed by atoms with E-state index in [0.29, 0.717) is 6.42 Å². The second-order valence-electron chi connectivity index (χ2n) is 7.73. The molecule has 6 heteroatoms. The molecule has 1 amide bonds. The zero-order chi connectivity index (χ0) is 21.6. The van der Waals surface area contributed by atoms with Crippen LogP contribution >= 0.6 is 0 Å². The van der Waals surface area contributed by atoms with Gasteiger partial charge in [-0.25, -0.2) is 0 Å². The summed E-state index contributed by atoms with van der Waals surface area (Å²) < 4.78 is 7.78. The van der Waals surface area contributed by atoms with Gasteiger partial charge in [-0.05, 0) is 62.1 Å². The Hall–Kier alpha value is -3.64. The summed E-state index contributed by atoms with van der Waals surface area (Å²) in [5, 5.41) is 8.45. The second-order valence-corrected chi connectivity index (χ2v) is 7.73. The van der Waals surface area contributed by atoms with Crippen molar-refractivity contribution in [2.75, 3.05) is 26.0 Å². The maximum atomic E-state index is 12.5. The lowest BCUT2D eigenvalue weighted by molar-refractivity contribution is -0.115. The fourth-order valence-corrected chi connectivity index (χ4v) is 3.33. The van der Waals surface area contributed by atoms with Crippen LogP contribution in [0.5, 0.6) is 11.5 Å². The van der Waals surface area contributed by atoms with Crippen molar-refractivity contribution in [1.82, 2.24) is 14.7 Å². The Kier molecular flexibility index (Phi) is 6.29. The Labute approximate surface area is 182 Å². The Morgan fingerprint density at radius 1 is 1.00 bits per heavy atom. The molecule has 0 radical (unpaired) electrons. The van der Waals surface area contributed by atoms with Gasteiger partial charge in [0.15, 0.2) is 0 Å². The number of nitrogens with zero attached hydrogens (tertiary/aromatic N) is 3. The molecular weight excluding hydrogens is 388 g/mol. The van der Waals surface area contributed by atoms with Crippen molar-refractivity contribution in [2.24, 2.45) is 0 Å². The largest absolute Gasteiger partial charge is 0.457 e. The summed E-state index contributed by atoms with van der Waals surface area (Å²) >= 11 is 0. The topological polar surface area (TPSA) is 59.4 Å². The molecule has 4 rings (SSSR count). The lowest BCUT2D eigenvalue weighted by Gasteiger charge is -2.10. The first-order chi connectivity index (χ1) is 15.1. The number of aromatic nitrogens is 2. The highest BCUT2D eigenvalue weighted by Crippen LogP contribution is 2.22. The number of anilines is 1. The van der Waals surface area contributed by atoms with Crippen molar-refractivity contribution in [3.05, 3.63) is 84.6 Å². The first kappa shape index (κ1) is 20.6. The van der Waals surface area contributed by atoms with Crippen LogP contribution in [-0.2, 0) is 17.8 Å². The average Bonchev–Trinajstić information content (AvgIpc) is 3.16. The monoisotopic (exact) mass is 414 g/mol. The number of carbonyl (C=O) groups is 1. The summed E-state index contributed by atoms with van der Waals surface area (Å²) in [6, 6.07) is 23.1. The van der Waals surface area contributed by atoms with Gasteiger partial charge in [0.1, 0.15) is 11.5 Å². The van der Waals surface area contributed by atoms with Crippen LogP contribution in [0.4, 0.5) is 5.69 Å². The summed E-state index contributed by atoms with van der Waals surface area (Å²) in [7, 11) is 4.09. The van der Waals surface area contributed by atoms with Crippen LogP contribution in [-0.4, -0.2) is 41.2 Å². The van der Waals surface area contributed by atoms with Crippen LogP contribution in [0.3, 0.4) is 0 Å². The van der Waals surface area contributed by atoms with Gasteiger partial charge in [0.05, 0.1) is 24.7 Å². The van der Waals surface area contributed by atoms with E-state index in [2.05, 4.69) is 15.3 Å². The quantitative estimate of drug-likeness (QED) is 0.459. The third-order valence-electron chi connectivity index (χ3n) is 4.95. The van der Waals surface area contributed by atoms with Crippen LogP contribution in [0.25, 0.3) is 10.9 Å². The molecule has 4 aromatic rings. The molecule has 0 bridgehead atoms. The zero-order valence-corrected chi connectivity index (χ0v) is 17.8. The summed E-state index contributed by atoms with van der Waals surface area (Å²) in [4.78, 5) is 14.6. The van der Waals surface area contributed by atoms with Crippen molar-refractivity contribution in [1.29, 1.82) is 0 Å². The fraction of sp³-hybridized carbons (Fsp3) is 0.200. The van der Waals surface area contributed by atoms with Gasteiger partial charge >= 0.3 is 0 Å². The van der Waals surface area contributed by atoms with E-state index in [1.54, 1.807) is 0 Å². The van der Waals surface area contributed by atoms with E-state index < -0.39 is 0 Å². The normalized spacial score (nSPS) is 11.1. The predicted octanol–water partition coefficient (Wildman–Crippen LogP) is 4.57. The molecule has 158 valence electrons. The van der Waals surface area contributed by atoms with Gasteiger partial charge in [0.2, 0.25) is 5.91 Å². The van der Waals surface area contributed by atoms with E-state index in [1.165, 1.54) is 0 Å². The van der Waals surface area contributed by atoms with Gasteiger partial charge < -0.3 is 15.0 Å². The Morgan fingerprint density at radius 2 is 1.74 bits per heavy atom. The Balaban J connectivity index is 1.35. The van der Waals surface area contributed by atoms with Gasteiger partial charge in [0, 0.05) is 17.6 Å². The molecule has 1 aromatic heterocycles. The third-order valence-corrected chi connectivity index (χ3v) is 4.95. The smallest absolute Gasteiger partial charge is 0.228 e. The van der Waals surface area contributed by atoms with E-state index in [1.807, 2.05) is 97.8 Å². The number of para-hydroxylation sites is 1. The molecule has 0 aliphatic heterocycles. The van der Waals surface area contributed by atoms with Crippen molar-refractivity contribution in [3.63, 3.8) is 0 Å². The lowest BCUT2D eigenvalue weighted by atomic mass is 10.1. The third kappa shape index (κ3) is 5.49. The molecule has 0 aliphatic rings. The van der Waals surface area contributed by atoms with E-state index in [9.17, 15) is 4.79 Å². The maximum absolute atomic E-state index is 12.5. The number of nitrogens with one attached hydrogen (secondary N) is 1. The highest BCUT2D eigenvalue weighted by Gasteiger charge is 2.08. The number of ether oxygens (including phenoxy) is 1. The number of fused-ring (bicyclic) bond motifs is 1. The molecule has 31 heavy (non-hydrogen) atoms. The number of hydrogen-bond acceptors (Lipinski definition) is 4. The van der Waals surface area contributed by atoms with Gasteiger partial charge in [0.25, 0.3) is 0 Å². The molecular formula is C25H26N4O2. The lowest BCUT2D eigenvalue weighted by Crippen LogP contribution is -2.18. The minimum atomic E-state index is -0.0592. The first-order valence-corrected chi connectivity index (χ1v) is 10.3. The number of hydrogen-bond donors (Lipinski definition) is 1. The highest BCUT2D eigenvalue weighted by atomic mass is 16.5. The number of benzene rings is 3. The van der Waals surface area contributed by atoms with Crippen LogP contribution in [0, 0.1) is 0 Å². The van der Waals surface area contributed by atoms with E-state index in [-0.39, 0.29) is 5.91 Å². The standard InChI is InChI=1S/C25H26N4O2/c1-28(2)14-15-29-24-13-10-21(17-20(24)18-26-29)27-25(30)16-19-8-11-23(12-9-19)31-22-6-4-3-5-7-22/h3-13,17-18H,14-16H2,1-2H3,(H,27,30). The van der Waals surface area contributed by atoms with Crippen LogP contribution < -0.4 is 10.1 Å². The molecule has 0 saturated carbocycles. The Bertz CT molecular complexity index is 1150. The number of rotatable bonds is 8. The summed E-state index contributed by atoms with van der Waals surface area (Å²) in [5.74, 6) is 1.47. The molecule has 1 heterocycles. The minimum absolute atomic E-state index is 0.0592. The number of amides is 1. The summed E-state index contributed by atoms with van der Waals surface area (Å²) in [6.07, 6.45) is 2.14. The SMILES string of the molecule is CN(C)CCn1ncc2cc(NC(=O)Cc3ccc(Oc4ccccc4)cc3)ccc21. The molecule has 3 aromatic carbocycles. The van der Waals surface area contributed by atoms with Crippen molar-refractivity contribution in [3.8, 4) is 11.5 Å². The molecule has 0 atom stereocenters. The van der Waals surface area contributed by atoms with Crippen molar-refractivity contribution >= 4 is 22.5 Å². The summed E-state index contributed by atoms with van der Waals surface area (Å²) in [5.41, 5.74) is 2.76. The zero-order valence-electron chi connectivity index (χ0n) is 17.8. The molecule has 6 nitrogen and oxygen atoms in total. The van der Waals surface area contributed by atoms with Gasteiger partial charge in [-0.15, -0.1) is 0 Å². The summed E-state index contributed by atoms with van der Waals surface area (Å²) in [6.45, 7) is 1.75. The second kappa shape index (κ2) is 9.45. The molecule has 0 fully saturated rings. The van der Waals surface area contributed by atoms with Crippen molar-refractivity contribution < 1.29 is 9.53 Å². The van der Waals surface area contributed by atoms with Gasteiger partial charge in [-0.2, -0.15) is 5.10 Å². The van der Waals surface area contributed by atoms with Crippen LogP contribution in [0.2, 0.25) is 0 Å². The predicted molar refractivity (Wildman–Crippen MR) is 124 cm³/mol. The van der Waals surface area contributed by atoms with Crippen molar-refractivity contribution in [2.45, 2.75) is 13.0 Å². The number of carbonyl (C=O) groups excluding carboxylic acids is 1. The Morgan fingerprint density at radius 3 is 2.48 bits per heavy atom. The first-order valence-electron chi connectivity index (χ1n) is 10.3. The number of likely N-dealkylation sites (N-methyl/N-ethyl adjacent to an activating group) is 1. The fourth-order valence-electron chi connectivity index (χ4n) is 3.33. The molecule has 0 spiro atoms. The minimum Gasteiger partial charge on any atom is -0.457 e. The van der Waals surface area contributed by atoms with Gasteiger partial charge in [-0.1, -0.05) is 30.3 Å². The van der Waals surface area contributed by atoms with Crippen LogP contribution in [0.15, 0.2) is 79.0 Å². The highest BCUT2D eigenvalue weighted by molar-refractivity contribution is 5.94. The van der Waals surface area contributed by atoms with Crippen LogP contribution in [0.1, 0.15) is 5.56 Å². The average molecular weight is 415 g/mol. The van der Waals surface area contributed by atoms with Gasteiger partial charge in [-0.3, -0.25) is 9.48 Å². The maximum Gasteiger partial charge on any atom is 0.228 e. The molecule has 1 N–H and O–H groups in total. The molecule has 0 unspecified atom stereocenters. The molecule has 0 aliphatic carbocycles.